The first-order valence-corrected chi connectivity index (χ1v) is 11.6. The molecule has 0 bridgehead atoms. The summed E-state index contributed by atoms with van der Waals surface area (Å²) in [7, 11) is 0. The van der Waals surface area contributed by atoms with Crippen molar-refractivity contribution in [2.45, 2.75) is 6.92 Å². The lowest BCUT2D eigenvalue weighted by Crippen LogP contribution is -2.50. The smallest absolute Gasteiger partial charge is 0.264 e. The van der Waals surface area contributed by atoms with Crippen molar-refractivity contribution in [3.63, 3.8) is 0 Å². The number of ether oxygens (including phenoxy) is 2. The van der Waals surface area contributed by atoms with Crippen molar-refractivity contribution in [3.05, 3.63) is 70.6 Å². The largest absolute Gasteiger partial charge is 0.486 e. The highest BCUT2D eigenvalue weighted by atomic mass is 32.1. The number of hydrogen-bond acceptors (Lipinski definition) is 5. The van der Waals surface area contributed by atoms with Gasteiger partial charge in [0, 0.05) is 36.6 Å². The van der Waals surface area contributed by atoms with Crippen LogP contribution in [0.1, 0.15) is 25.6 Å². The minimum absolute atomic E-state index is 0.0150. The molecule has 6 nitrogen and oxygen atoms in total. The number of fused-ring (bicyclic) bond motifs is 1. The van der Waals surface area contributed by atoms with E-state index in [0.29, 0.717) is 49.8 Å². The molecule has 2 amide bonds. The van der Waals surface area contributed by atoms with Gasteiger partial charge < -0.3 is 19.3 Å². The summed E-state index contributed by atoms with van der Waals surface area (Å²) < 4.78 is 11.3. The first-order valence-electron chi connectivity index (χ1n) is 10.7. The third-order valence-corrected chi connectivity index (χ3v) is 6.92. The van der Waals surface area contributed by atoms with Crippen molar-refractivity contribution in [3.8, 4) is 21.9 Å². The van der Waals surface area contributed by atoms with Crippen LogP contribution in [0.5, 0.6) is 11.5 Å². The molecule has 5 rings (SSSR count). The third-order valence-electron chi connectivity index (χ3n) is 5.80. The van der Waals surface area contributed by atoms with Gasteiger partial charge in [-0.3, -0.25) is 9.59 Å². The predicted octanol–water partition coefficient (Wildman–Crippen LogP) is 4.09. The zero-order valence-corrected chi connectivity index (χ0v) is 18.7. The van der Waals surface area contributed by atoms with Crippen LogP contribution >= 0.6 is 11.3 Å². The van der Waals surface area contributed by atoms with Crippen LogP contribution in [-0.4, -0.2) is 61.0 Å². The second-order valence-corrected chi connectivity index (χ2v) is 9.06. The van der Waals surface area contributed by atoms with E-state index in [9.17, 15) is 9.59 Å². The van der Waals surface area contributed by atoms with Crippen LogP contribution in [0.25, 0.3) is 10.4 Å². The van der Waals surface area contributed by atoms with Gasteiger partial charge in [0.25, 0.3) is 11.8 Å². The second-order valence-electron chi connectivity index (χ2n) is 7.97. The molecule has 0 unspecified atom stereocenters. The SMILES string of the molecule is Cc1ccc(C(=O)N2CCN(C(=O)c3ccc(-c4ccc5c(c4)OCCO5)s3)CC2)cc1. The Kier molecular flexibility index (Phi) is 5.57. The van der Waals surface area contributed by atoms with Gasteiger partial charge in [0.1, 0.15) is 13.2 Å². The third kappa shape index (κ3) is 4.08. The summed E-state index contributed by atoms with van der Waals surface area (Å²) in [4.78, 5) is 31.1. The lowest BCUT2D eigenvalue weighted by Gasteiger charge is -2.34. The van der Waals surface area contributed by atoms with Gasteiger partial charge >= 0.3 is 0 Å². The van der Waals surface area contributed by atoms with Gasteiger partial charge in [-0.15, -0.1) is 11.3 Å². The molecule has 2 aliphatic heterocycles. The summed E-state index contributed by atoms with van der Waals surface area (Å²) in [5.74, 6) is 1.53. The van der Waals surface area contributed by atoms with Gasteiger partial charge in [-0.05, 0) is 55.0 Å². The average molecular weight is 449 g/mol. The van der Waals surface area contributed by atoms with Crippen molar-refractivity contribution in [1.82, 2.24) is 9.80 Å². The molecule has 7 heteroatoms. The van der Waals surface area contributed by atoms with Gasteiger partial charge in [-0.25, -0.2) is 0 Å². The van der Waals surface area contributed by atoms with E-state index in [2.05, 4.69) is 0 Å². The molecule has 0 aliphatic carbocycles. The number of nitrogens with zero attached hydrogens (tertiary/aromatic N) is 2. The lowest BCUT2D eigenvalue weighted by atomic mass is 10.1. The minimum atomic E-state index is 0.0150. The number of carbonyl (C=O) groups is 2. The molecule has 164 valence electrons. The van der Waals surface area contributed by atoms with Gasteiger partial charge in [0.15, 0.2) is 11.5 Å². The average Bonchev–Trinajstić information content (AvgIpc) is 3.34. The highest BCUT2D eigenvalue weighted by Crippen LogP contribution is 2.37. The fourth-order valence-corrected chi connectivity index (χ4v) is 4.92. The van der Waals surface area contributed by atoms with E-state index in [1.54, 1.807) is 0 Å². The molecule has 0 radical (unpaired) electrons. The quantitative estimate of drug-likeness (QED) is 0.606. The number of rotatable bonds is 3. The monoisotopic (exact) mass is 448 g/mol. The van der Waals surface area contributed by atoms with Gasteiger partial charge in [-0.2, -0.15) is 0 Å². The molecule has 3 aromatic rings. The van der Waals surface area contributed by atoms with E-state index < -0.39 is 0 Å². The van der Waals surface area contributed by atoms with Gasteiger partial charge in [-0.1, -0.05) is 17.7 Å². The van der Waals surface area contributed by atoms with Crippen LogP contribution in [-0.2, 0) is 0 Å². The van der Waals surface area contributed by atoms with E-state index in [1.165, 1.54) is 11.3 Å². The van der Waals surface area contributed by atoms with E-state index >= 15 is 0 Å². The summed E-state index contributed by atoms with van der Waals surface area (Å²) in [6.45, 7) is 5.26. The van der Waals surface area contributed by atoms with Crippen LogP contribution in [0.4, 0.5) is 0 Å². The molecule has 0 N–H and O–H groups in total. The fraction of sp³-hybridized carbons (Fsp3) is 0.280. The maximum atomic E-state index is 13.0. The van der Waals surface area contributed by atoms with Gasteiger partial charge in [0.05, 0.1) is 4.88 Å². The molecule has 0 saturated carbocycles. The Bertz CT molecular complexity index is 1150. The molecule has 1 saturated heterocycles. The van der Waals surface area contributed by atoms with Crippen LogP contribution in [0, 0.1) is 6.92 Å². The molecule has 1 aromatic heterocycles. The van der Waals surface area contributed by atoms with Crippen LogP contribution in [0.2, 0.25) is 0 Å². The number of thiophene rings is 1. The van der Waals surface area contributed by atoms with Crippen molar-refractivity contribution in [2.24, 2.45) is 0 Å². The Balaban J connectivity index is 1.23. The maximum Gasteiger partial charge on any atom is 0.264 e. The molecule has 0 atom stereocenters. The van der Waals surface area contributed by atoms with Crippen molar-refractivity contribution < 1.29 is 19.1 Å². The highest BCUT2D eigenvalue weighted by molar-refractivity contribution is 7.17. The summed E-state index contributed by atoms with van der Waals surface area (Å²) >= 11 is 1.48. The van der Waals surface area contributed by atoms with Crippen LogP contribution < -0.4 is 9.47 Å². The standard InChI is InChI=1S/C25H24N2O4S/c1-17-2-4-18(5-3-17)24(28)26-10-12-27(13-11-26)25(29)23-9-8-22(32-23)19-6-7-20-21(16-19)31-15-14-30-20/h2-9,16H,10-15H2,1H3. The molecule has 0 spiro atoms. The fourth-order valence-electron chi connectivity index (χ4n) is 3.95. The number of benzene rings is 2. The van der Waals surface area contributed by atoms with Crippen LogP contribution in [0.3, 0.4) is 0 Å². The Labute approximate surface area is 191 Å². The Morgan fingerprint density at radius 2 is 1.44 bits per heavy atom. The van der Waals surface area contributed by atoms with Crippen molar-refractivity contribution in [2.75, 3.05) is 39.4 Å². The zero-order chi connectivity index (χ0) is 22.1. The predicted molar refractivity (Wildman–Crippen MR) is 124 cm³/mol. The number of aryl methyl sites for hydroxylation is 1. The Morgan fingerprint density at radius 3 is 2.16 bits per heavy atom. The number of carbonyl (C=O) groups excluding carboxylic acids is 2. The molecule has 1 fully saturated rings. The number of amides is 2. The molecule has 32 heavy (non-hydrogen) atoms. The van der Waals surface area contributed by atoms with Crippen molar-refractivity contribution >= 4 is 23.2 Å². The molecule has 3 heterocycles. The van der Waals surface area contributed by atoms with E-state index in [1.807, 2.05) is 71.3 Å². The molecular formula is C25H24N2O4S. The van der Waals surface area contributed by atoms with Crippen LogP contribution in [0.15, 0.2) is 54.6 Å². The molecular weight excluding hydrogens is 424 g/mol. The van der Waals surface area contributed by atoms with E-state index in [-0.39, 0.29) is 11.8 Å². The highest BCUT2D eigenvalue weighted by Gasteiger charge is 2.26. The van der Waals surface area contributed by atoms with Crippen molar-refractivity contribution in [1.29, 1.82) is 0 Å². The first kappa shape index (κ1) is 20.6. The topological polar surface area (TPSA) is 59.1 Å². The Hall–Kier alpha value is -3.32. The lowest BCUT2D eigenvalue weighted by molar-refractivity contribution is 0.0538. The van der Waals surface area contributed by atoms with Gasteiger partial charge in [0.2, 0.25) is 0 Å². The summed E-state index contributed by atoms with van der Waals surface area (Å²) in [6.07, 6.45) is 0. The number of hydrogen-bond donors (Lipinski definition) is 0. The summed E-state index contributed by atoms with van der Waals surface area (Å²) in [6, 6.07) is 17.3. The second kappa shape index (κ2) is 8.67. The molecule has 2 aromatic carbocycles. The zero-order valence-electron chi connectivity index (χ0n) is 17.9. The summed E-state index contributed by atoms with van der Waals surface area (Å²) in [5.41, 5.74) is 2.83. The Morgan fingerprint density at radius 1 is 0.781 bits per heavy atom. The maximum absolute atomic E-state index is 13.0. The first-order chi connectivity index (χ1) is 15.6. The number of piperazine rings is 1. The minimum Gasteiger partial charge on any atom is -0.486 e. The normalized spacial score (nSPS) is 15.5. The molecule has 2 aliphatic rings. The van der Waals surface area contributed by atoms with E-state index in [0.717, 1.165) is 27.5 Å². The summed E-state index contributed by atoms with van der Waals surface area (Å²) in [5, 5.41) is 0. The van der Waals surface area contributed by atoms with E-state index in [4.69, 9.17) is 9.47 Å².